The maximum absolute atomic E-state index is 13.3. The Morgan fingerprint density at radius 3 is 2.83 bits per heavy atom. The van der Waals surface area contributed by atoms with Gasteiger partial charge >= 0.3 is 0 Å². The first kappa shape index (κ1) is 12.6. The number of ether oxygens (including phenoxy) is 1. The van der Waals surface area contributed by atoms with Crippen molar-refractivity contribution in [3.05, 3.63) is 53.7 Å². The van der Waals surface area contributed by atoms with Crippen molar-refractivity contribution in [3.63, 3.8) is 0 Å². The van der Waals surface area contributed by atoms with E-state index in [0.29, 0.717) is 18.7 Å². The smallest absolute Gasteiger partial charge is 0.123 e. The third kappa shape index (κ3) is 2.71. The fraction of sp³-hybridized carbons (Fsp3) is 0.286. The lowest BCUT2D eigenvalue weighted by Gasteiger charge is -2.17. The molecule has 1 heterocycles. The van der Waals surface area contributed by atoms with Crippen LogP contribution in [0.1, 0.15) is 17.2 Å². The topological polar surface area (TPSA) is 48.4 Å². The molecule has 2 N–H and O–H groups in total. The third-order valence-electron chi connectivity index (χ3n) is 2.94. The second kappa shape index (κ2) is 5.69. The van der Waals surface area contributed by atoms with E-state index in [9.17, 15) is 4.39 Å². The second-order valence-electron chi connectivity index (χ2n) is 4.10. The molecule has 0 fully saturated rings. The molecular formula is C14H16FNO2. The molecular weight excluding hydrogens is 233 g/mol. The normalized spacial score (nSPS) is 12.4. The highest BCUT2D eigenvalue weighted by molar-refractivity contribution is 5.37. The van der Waals surface area contributed by atoms with E-state index < -0.39 is 0 Å². The van der Waals surface area contributed by atoms with Crippen LogP contribution in [0.4, 0.5) is 4.39 Å². The minimum Gasteiger partial charge on any atom is -0.496 e. The molecule has 0 radical (unpaired) electrons. The summed E-state index contributed by atoms with van der Waals surface area (Å²) in [5, 5.41) is 0. The van der Waals surface area contributed by atoms with E-state index in [-0.39, 0.29) is 11.7 Å². The van der Waals surface area contributed by atoms with E-state index in [1.54, 1.807) is 19.4 Å². The lowest BCUT2D eigenvalue weighted by molar-refractivity contribution is 0.401. The van der Waals surface area contributed by atoms with Crippen LogP contribution in [0.3, 0.4) is 0 Å². The summed E-state index contributed by atoms with van der Waals surface area (Å²) in [6.45, 7) is 0.403. The third-order valence-corrected chi connectivity index (χ3v) is 2.94. The fourth-order valence-corrected chi connectivity index (χ4v) is 2.02. The van der Waals surface area contributed by atoms with E-state index in [4.69, 9.17) is 14.9 Å². The number of benzene rings is 1. The molecule has 0 saturated carbocycles. The van der Waals surface area contributed by atoms with Gasteiger partial charge in [-0.05, 0) is 36.9 Å². The number of furan rings is 1. The molecule has 0 aliphatic carbocycles. The largest absolute Gasteiger partial charge is 0.496 e. The summed E-state index contributed by atoms with van der Waals surface area (Å²) < 4.78 is 23.9. The highest BCUT2D eigenvalue weighted by Crippen LogP contribution is 2.29. The summed E-state index contributed by atoms with van der Waals surface area (Å²) in [6.07, 6.45) is 2.25. The van der Waals surface area contributed by atoms with Crippen LogP contribution >= 0.6 is 0 Å². The van der Waals surface area contributed by atoms with Crippen LogP contribution in [0, 0.1) is 5.82 Å². The van der Waals surface area contributed by atoms with Gasteiger partial charge in [-0.1, -0.05) is 0 Å². The average molecular weight is 249 g/mol. The van der Waals surface area contributed by atoms with Gasteiger partial charge in [0.1, 0.15) is 17.3 Å². The van der Waals surface area contributed by atoms with Gasteiger partial charge in [0.25, 0.3) is 0 Å². The van der Waals surface area contributed by atoms with Gasteiger partial charge in [0.05, 0.1) is 13.4 Å². The quantitative estimate of drug-likeness (QED) is 0.886. The molecule has 2 rings (SSSR count). The van der Waals surface area contributed by atoms with Crippen LogP contribution in [-0.2, 0) is 6.42 Å². The van der Waals surface area contributed by atoms with Crippen molar-refractivity contribution in [2.75, 3.05) is 13.7 Å². The molecule has 1 unspecified atom stereocenters. The number of rotatable bonds is 5. The van der Waals surface area contributed by atoms with E-state index in [1.807, 2.05) is 12.1 Å². The number of halogens is 1. The van der Waals surface area contributed by atoms with Crippen LogP contribution in [-0.4, -0.2) is 13.7 Å². The van der Waals surface area contributed by atoms with Crippen LogP contribution in [0.2, 0.25) is 0 Å². The van der Waals surface area contributed by atoms with Gasteiger partial charge in [-0.25, -0.2) is 4.39 Å². The lowest BCUT2D eigenvalue weighted by atomic mass is 9.93. The van der Waals surface area contributed by atoms with Crippen molar-refractivity contribution in [1.82, 2.24) is 0 Å². The molecule has 0 amide bonds. The Balaban J connectivity index is 2.28. The molecule has 0 saturated heterocycles. The number of methoxy groups -OCH3 is 1. The van der Waals surface area contributed by atoms with Crippen molar-refractivity contribution >= 4 is 0 Å². The molecule has 2 aromatic rings. The van der Waals surface area contributed by atoms with E-state index in [2.05, 4.69) is 0 Å². The SMILES string of the molecule is COc1ccc(F)cc1C(CN)Cc1ccco1. The Bertz CT molecular complexity index is 497. The van der Waals surface area contributed by atoms with Crippen molar-refractivity contribution in [3.8, 4) is 5.75 Å². The van der Waals surface area contributed by atoms with Gasteiger partial charge in [-0.15, -0.1) is 0 Å². The highest BCUT2D eigenvalue weighted by Gasteiger charge is 2.17. The fourth-order valence-electron chi connectivity index (χ4n) is 2.02. The molecule has 18 heavy (non-hydrogen) atoms. The van der Waals surface area contributed by atoms with Crippen LogP contribution < -0.4 is 10.5 Å². The Labute approximate surface area is 105 Å². The molecule has 96 valence electrons. The first-order valence-corrected chi connectivity index (χ1v) is 5.80. The summed E-state index contributed by atoms with van der Waals surface area (Å²) in [5.74, 6) is 1.17. The van der Waals surface area contributed by atoms with Gasteiger partial charge in [0.2, 0.25) is 0 Å². The zero-order chi connectivity index (χ0) is 13.0. The Kier molecular flexibility index (Phi) is 3.99. The first-order valence-electron chi connectivity index (χ1n) is 5.80. The highest BCUT2D eigenvalue weighted by atomic mass is 19.1. The average Bonchev–Trinajstić information content (AvgIpc) is 2.88. The molecule has 0 aliphatic rings. The Morgan fingerprint density at radius 2 is 2.22 bits per heavy atom. The predicted octanol–water partition coefficient (Wildman–Crippen LogP) is 2.71. The Hall–Kier alpha value is -1.81. The van der Waals surface area contributed by atoms with Crippen molar-refractivity contribution in [2.24, 2.45) is 5.73 Å². The van der Waals surface area contributed by atoms with Crippen LogP contribution in [0.25, 0.3) is 0 Å². The standard InChI is InChI=1S/C14H16FNO2/c1-17-14-5-4-11(15)8-13(14)10(9-16)7-12-3-2-6-18-12/h2-6,8,10H,7,9,16H2,1H3. The first-order chi connectivity index (χ1) is 8.74. The summed E-state index contributed by atoms with van der Waals surface area (Å²) in [4.78, 5) is 0. The summed E-state index contributed by atoms with van der Waals surface area (Å²) in [5.41, 5.74) is 6.55. The number of hydrogen-bond donors (Lipinski definition) is 1. The van der Waals surface area contributed by atoms with Gasteiger partial charge in [0.15, 0.2) is 0 Å². The van der Waals surface area contributed by atoms with E-state index in [0.717, 1.165) is 11.3 Å². The van der Waals surface area contributed by atoms with Crippen LogP contribution in [0.5, 0.6) is 5.75 Å². The van der Waals surface area contributed by atoms with E-state index in [1.165, 1.54) is 12.1 Å². The van der Waals surface area contributed by atoms with Crippen molar-refractivity contribution in [2.45, 2.75) is 12.3 Å². The summed E-state index contributed by atoms with van der Waals surface area (Å²) in [6, 6.07) is 8.18. The minimum absolute atomic E-state index is 0.0261. The number of hydrogen-bond acceptors (Lipinski definition) is 3. The summed E-state index contributed by atoms with van der Waals surface area (Å²) >= 11 is 0. The van der Waals surface area contributed by atoms with Crippen molar-refractivity contribution in [1.29, 1.82) is 0 Å². The maximum Gasteiger partial charge on any atom is 0.123 e. The minimum atomic E-state index is -0.288. The van der Waals surface area contributed by atoms with Gasteiger partial charge in [0, 0.05) is 17.9 Å². The predicted molar refractivity (Wildman–Crippen MR) is 67.2 cm³/mol. The summed E-state index contributed by atoms with van der Waals surface area (Å²) in [7, 11) is 1.57. The Morgan fingerprint density at radius 1 is 1.39 bits per heavy atom. The number of nitrogens with two attached hydrogens (primary N) is 1. The zero-order valence-corrected chi connectivity index (χ0v) is 10.2. The molecule has 4 heteroatoms. The molecule has 1 aromatic heterocycles. The molecule has 0 aliphatic heterocycles. The molecule has 1 atom stereocenters. The molecule has 1 aromatic carbocycles. The lowest BCUT2D eigenvalue weighted by Crippen LogP contribution is -2.16. The molecule has 3 nitrogen and oxygen atoms in total. The molecule has 0 bridgehead atoms. The van der Waals surface area contributed by atoms with E-state index >= 15 is 0 Å². The van der Waals surface area contributed by atoms with Gasteiger partial charge < -0.3 is 14.9 Å². The molecule has 0 spiro atoms. The maximum atomic E-state index is 13.3. The van der Waals surface area contributed by atoms with Gasteiger partial charge in [-0.3, -0.25) is 0 Å². The van der Waals surface area contributed by atoms with Crippen LogP contribution in [0.15, 0.2) is 41.0 Å². The zero-order valence-electron chi connectivity index (χ0n) is 10.2. The monoisotopic (exact) mass is 249 g/mol. The van der Waals surface area contributed by atoms with Gasteiger partial charge in [-0.2, -0.15) is 0 Å². The van der Waals surface area contributed by atoms with Crippen molar-refractivity contribution < 1.29 is 13.5 Å². The second-order valence-corrected chi connectivity index (χ2v) is 4.10.